The molecule has 1 aromatic carbocycles. The highest BCUT2D eigenvalue weighted by Gasteiger charge is 2.34. The summed E-state index contributed by atoms with van der Waals surface area (Å²) < 4.78 is 1.82. The molecule has 1 saturated heterocycles. The quantitative estimate of drug-likeness (QED) is 0.717. The molecule has 4 rings (SSSR count). The molecule has 27 heavy (non-hydrogen) atoms. The minimum atomic E-state index is -0.956. The van der Waals surface area contributed by atoms with Crippen molar-refractivity contribution in [2.45, 2.75) is 25.0 Å². The maximum atomic E-state index is 12.4. The maximum Gasteiger partial charge on any atom is 0.240 e. The number of para-hydroxylation sites is 2. The van der Waals surface area contributed by atoms with Crippen molar-refractivity contribution in [1.82, 2.24) is 19.9 Å². The van der Waals surface area contributed by atoms with Crippen LogP contribution in [-0.4, -0.2) is 50.8 Å². The Labute approximate surface area is 157 Å². The number of fused-ring (bicyclic) bond motifs is 1. The van der Waals surface area contributed by atoms with Gasteiger partial charge in [0.15, 0.2) is 0 Å². The van der Waals surface area contributed by atoms with Crippen molar-refractivity contribution in [2.24, 2.45) is 0 Å². The molecule has 7 nitrogen and oxygen atoms in total. The molecule has 1 amide bonds. The van der Waals surface area contributed by atoms with Gasteiger partial charge in [0.05, 0.1) is 23.0 Å². The largest absolute Gasteiger partial charge is 0.386 e. The number of piperidine rings is 1. The Bertz CT molecular complexity index is 926. The number of hydrogen-bond acceptors (Lipinski definition) is 5. The van der Waals surface area contributed by atoms with Crippen LogP contribution in [0, 0.1) is 0 Å². The monoisotopic (exact) mass is 365 g/mol. The van der Waals surface area contributed by atoms with Crippen LogP contribution in [0.5, 0.6) is 0 Å². The molecule has 0 aliphatic carbocycles. The highest BCUT2D eigenvalue weighted by Crippen LogP contribution is 2.24. The second-order valence-electron chi connectivity index (χ2n) is 7.08. The number of β-amino-alcohol motifs (C(OH)–C–C–N with tert-alkyl or cyclic N) is 1. The number of aliphatic hydroxyl groups is 1. The van der Waals surface area contributed by atoms with Crippen LogP contribution >= 0.6 is 0 Å². The Balaban J connectivity index is 1.36. The summed E-state index contributed by atoms with van der Waals surface area (Å²) in [5.41, 5.74) is 0.829. The van der Waals surface area contributed by atoms with Crippen molar-refractivity contribution in [3.63, 3.8) is 0 Å². The molecule has 0 saturated carbocycles. The van der Waals surface area contributed by atoms with Crippen LogP contribution in [0.15, 0.2) is 55.0 Å². The number of imidazole rings is 1. The lowest BCUT2D eigenvalue weighted by molar-refractivity contribution is -0.123. The number of hydrogen-bond donors (Lipinski definition) is 2. The lowest BCUT2D eigenvalue weighted by atomic mass is 9.92. The molecule has 1 atom stereocenters. The van der Waals surface area contributed by atoms with E-state index >= 15 is 0 Å². The number of rotatable bonds is 5. The van der Waals surface area contributed by atoms with Crippen molar-refractivity contribution in [2.75, 3.05) is 24.5 Å². The average molecular weight is 365 g/mol. The van der Waals surface area contributed by atoms with E-state index < -0.39 is 5.60 Å². The zero-order valence-electron chi connectivity index (χ0n) is 15.1. The second-order valence-corrected chi connectivity index (χ2v) is 7.08. The first kappa shape index (κ1) is 17.5. The summed E-state index contributed by atoms with van der Waals surface area (Å²) >= 11 is 0. The number of carbonyl (C=O) groups is 1. The van der Waals surface area contributed by atoms with Gasteiger partial charge in [0.1, 0.15) is 12.4 Å². The van der Waals surface area contributed by atoms with Crippen LogP contribution in [0.2, 0.25) is 0 Å². The zero-order chi connectivity index (χ0) is 18.7. The number of aromatic nitrogens is 3. The molecule has 1 aliphatic heterocycles. The van der Waals surface area contributed by atoms with E-state index in [1.165, 1.54) is 0 Å². The van der Waals surface area contributed by atoms with Crippen molar-refractivity contribution in [1.29, 1.82) is 0 Å². The predicted octanol–water partition coefficient (Wildman–Crippen LogP) is 1.58. The fraction of sp³-hybridized carbons (Fsp3) is 0.350. The molecule has 2 aromatic heterocycles. The lowest BCUT2D eigenvalue weighted by Crippen LogP contribution is -2.54. The van der Waals surface area contributed by atoms with Crippen LogP contribution in [0.1, 0.15) is 12.8 Å². The number of benzene rings is 1. The SMILES string of the molecule is O=C(Cn1cnc2ccccc21)NCC1(O)CCCN(c2ccccn2)C1. The third-order valence-electron chi connectivity index (χ3n) is 4.98. The number of anilines is 1. The van der Waals surface area contributed by atoms with Gasteiger partial charge in [-0.15, -0.1) is 0 Å². The summed E-state index contributed by atoms with van der Waals surface area (Å²) in [6, 6.07) is 13.5. The summed E-state index contributed by atoms with van der Waals surface area (Å²) in [6.45, 7) is 1.72. The van der Waals surface area contributed by atoms with E-state index in [0.29, 0.717) is 13.0 Å². The molecule has 1 fully saturated rings. The van der Waals surface area contributed by atoms with Crippen LogP contribution < -0.4 is 10.2 Å². The predicted molar refractivity (Wildman–Crippen MR) is 103 cm³/mol. The Morgan fingerprint density at radius 1 is 1.19 bits per heavy atom. The number of nitrogens with one attached hydrogen (secondary N) is 1. The molecule has 140 valence electrons. The highest BCUT2D eigenvalue weighted by molar-refractivity contribution is 5.80. The molecule has 7 heteroatoms. The Morgan fingerprint density at radius 3 is 2.89 bits per heavy atom. The third kappa shape index (κ3) is 3.93. The minimum Gasteiger partial charge on any atom is -0.386 e. The van der Waals surface area contributed by atoms with E-state index in [1.807, 2.05) is 47.0 Å². The lowest BCUT2D eigenvalue weighted by Gasteiger charge is -2.39. The molecule has 2 N–H and O–H groups in total. The fourth-order valence-electron chi connectivity index (χ4n) is 3.60. The summed E-state index contributed by atoms with van der Waals surface area (Å²) in [6.07, 6.45) is 4.93. The number of nitrogens with zero attached hydrogens (tertiary/aromatic N) is 4. The van der Waals surface area contributed by atoms with Gasteiger partial charge in [-0.25, -0.2) is 9.97 Å². The zero-order valence-corrected chi connectivity index (χ0v) is 15.1. The van der Waals surface area contributed by atoms with Gasteiger partial charge < -0.3 is 19.9 Å². The first-order chi connectivity index (χ1) is 13.1. The normalized spacial score (nSPS) is 20.0. The van der Waals surface area contributed by atoms with E-state index in [2.05, 4.69) is 20.2 Å². The average Bonchev–Trinajstić information content (AvgIpc) is 3.10. The molecule has 0 spiro atoms. The van der Waals surface area contributed by atoms with Gasteiger partial charge >= 0.3 is 0 Å². The standard InChI is InChI=1S/C20H23N5O2/c26-19(12-25-15-23-16-6-1-2-7-17(16)25)22-13-20(27)9-5-11-24(14-20)18-8-3-4-10-21-18/h1-4,6-8,10,15,27H,5,9,11-14H2,(H,22,26). The summed E-state index contributed by atoms with van der Waals surface area (Å²) in [4.78, 5) is 23.1. The van der Waals surface area contributed by atoms with Gasteiger partial charge in [0.2, 0.25) is 5.91 Å². The van der Waals surface area contributed by atoms with Crippen LogP contribution in [0.25, 0.3) is 11.0 Å². The Kier molecular flexibility index (Phi) is 4.77. The molecule has 0 radical (unpaired) electrons. The first-order valence-corrected chi connectivity index (χ1v) is 9.18. The van der Waals surface area contributed by atoms with Gasteiger partial charge in [-0.3, -0.25) is 4.79 Å². The van der Waals surface area contributed by atoms with Crippen molar-refractivity contribution >= 4 is 22.8 Å². The molecular weight excluding hydrogens is 342 g/mol. The molecule has 1 aliphatic rings. The van der Waals surface area contributed by atoms with Crippen molar-refractivity contribution in [3.05, 3.63) is 55.0 Å². The van der Waals surface area contributed by atoms with Gasteiger partial charge in [0, 0.05) is 25.8 Å². The van der Waals surface area contributed by atoms with Gasteiger partial charge in [-0.1, -0.05) is 18.2 Å². The molecule has 1 unspecified atom stereocenters. The summed E-state index contributed by atoms with van der Waals surface area (Å²) in [5.74, 6) is 0.716. The van der Waals surface area contributed by atoms with E-state index in [-0.39, 0.29) is 19.0 Å². The van der Waals surface area contributed by atoms with Gasteiger partial charge in [-0.2, -0.15) is 0 Å². The third-order valence-corrected chi connectivity index (χ3v) is 4.98. The minimum absolute atomic E-state index is 0.137. The van der Waals surface area contributed by atoms with Crippen LogP contribution in [0.4, 0.5) is 5.82 Å². The van der Waals surface area contributed by atoms with Crippen molar-refractivity contribution in [3.8, 4) is 0 Å². The smallest absolute Gasteiger partial charge is 0.240 e. The van der Waals surface area contributed by atoms with E-state index in [4.69, 9.17) is 0 Å². The van der Waals surface area contributed by atoms with Gasteiger partial charge in [-0.05, 0) is 37.1 Å². The molecular formula is C20H23N5O2. The van der Waals surface area contributed by atoms with Crippen LogP contribution in [-0.2, 0) is 11.3 Å². The van der Waals surface area contributed by atoms with Crippen molar-refractivity contribution < 1.29 is 9.90 Å². The molecule has 3 aromatic rings. The Morgan fingerprint density at radius 2 is 2.04 bits per heavy atom. The molecule has 3 heterocycles. The number of carbonyl (C=O) groups excluding carboxylic acids is 1. The summed E-state index contributed by atoms with van der Waals surface area (Å²) in [5, 5.41) is 13.8. The highest BCUT2D eigenvalue weighted by atomic mass is 16.3. The molecule has 0 bridgehead atoms. The first-order valence-electron chi connectivity index (χ1n) is 9.18. The topological polar surface area (TPSA) is 83.3 Å². The van der Waals surface area contributed by atoms with Gasteiger partial charge in [0.25, 0.3) is 0 Å². The number of pyridine rings is 1. The maximum absolute atomic E-state index is 12.4. The fourth-order valence-corrected chi connectivity index (χ4v) is 3.60. The van der Waals surface area contributed by atoms with E-state index in [0.717, 1.165) is 29.8 Å². The number of amides is 1. The summed E-state index contributed by atoms with van der Waals surface area (Å²) in [7, 11) is 0. The Hall–Kier alpha value is -2.93. The van der Waals surface area contributed by atoms with E-state index in [1.54, 1.807) is 12.5 Å². The second kappa shape index (κ2) is 7.36. The van der Waals surface area contributed by atoms with Crippen LogP contribution in [0.3, 0.4) is 0 Å². The van der Waals surface area contributed by atoms with E-state index in [9.17, 15) is 9.90 Å².